The molecule has 0 saturated carbocycles. The Kier molecular flexibility index (Phi) is 6.03. The third kappa shape index (κ3) is 5.04. The maximum absolute atomic E-state index is 13.3. The van der Waals surface area contributed by atoms with Gasteiger partial charge in [0.2, 0.25) is 0 Å². The highest BCUT2D eigenvalue weighted by atomic mass is 19.1. The van der Waals surface area contributed by atoms with Crippen LogP contribution < -0.4 is 14.8 Å². The molecule has 0 aliphatic heterocycles. The molecule has 8 heteroatoms. The van der Waals surface area contributed by atoms with E-state index >= 15 is 0 Å². The van der Waals surface area contributed by atoms with Gasteiger partial charge >= 0.3 is 6.01 Å². The van der Waals surface area contributed by atoms with Gasteiger partial charge < -0.3 is 14.8 Å². The van der Waals surface area contributed by atoms with E-state index < -0.39 is 17.5 Å². The van der Waals surface area contributed by atoms with Crippen molar-refractivity contribution in [2.24, 2.45) is 0 Å². The second kappa shape index (κ2) is 9.22. The summed E-state index contributed by atoms with van der Waals surface area (Å²) in [6, 6.07) is 16.7. The van der Waals surface area contributed by atoms with Crippen molar-refractivity contribution in [1.29, 1.82) is 0 Å². The maximum Gasteiger partial charge on any atom is 0.321 e. The Balaban J connectivity index is 1.42. The molecule has 0 aliphatic rings. The maximum atomic E-state index is 13.3. The summed E-state index contributed by atoms with van der Waals surface area (Å²) in [7, 11) is 1.59. The number of benzene rings is 3. The van der Waals surface area contributed by atoms with Crippen LogP contribution in [0.3, 0.4) is 0 Å². The number of nitrogens with one attached hydrogen (secondary N) is 1. The molecule has 1 aromatic heterocycles. The first-order valence-corrected chi connectivity index (χ1v) is 9.52. The lowest BCUT2D eigenvalue weighted by Gasteiger charge is -2.08. The van der Waals surface area contributed by atoms with Gasteiger partial charge in [-0.05, 0) is 54.1 Å². The molecule has 4 aromatic rings. The number of nitrogens with zero attached hydrogens (tertiary/aromatic N) is 2. The number of aromatic nitrogens is 2. The molecule has 3 aromatic carbocycles. The number of hydrogen-bond acceptors (Lipinski definition) is 5. The van der Waals surface area contributed by atoms with Crippen LogP contribution in [0.1, 0.15) is 10.4 Å². The molecule has 0 bridgehead atoms. The van der Waals surface area contributed by atoms with Crippen LogP contribution in [0, 0.1) is 11.6 Å². The van der Waals surface area contributed by atoms with Gasteiger partial charge in [-0.3, -0.25) is 4.79 Å². The summed E-state index contributed by atoms with van der Waals surface area (Å²) in [5, 5.41) is 2.47. The van der Waals surface area contributed by atoms with E-state index in [1.165, 1.54) is 0 Å². The Labute approximate surface area is 182 Å². The molecule has 1 heterocycles. The number of ether oxygens (including phenoxy) is 2. The molecule has 6 nitrogen and oxygen atoms in total. The normalized spacial score (nSPS) is 10.5. The molecule has 0 fully saturated rings. The van der Waals surface area contributed by atoms with Crippen LogP contribution in [0.2, 0.25) is 0 Å². The lowest BCUT2D eigenvalue weighted by molar-refractivity contribution is 0.102. The molecule has 0 atom stereocenters. The molecule has 0 aliphatic carbocycles. The van der Waals surface area contributed by atoms with Gasteiger partial charge in [-0.1, -0.05) is 12.1 Å². The summed E-state index contributed by atoms with van der Waals surface area (Å²) in [4.78, 5) is 20.8. The summed E-state index contributed by atoms with van der Waals surface area (Å²) in [5.74, 6) is -0.730. The molecule has 0 radical (unpaired) electrons. The standard InChI is InChI=1S/C24H17F2N3O3/c1-31-21-6-8-22(9-7-21)32-24-27-13-17(14-28-24)15-2-4-16(5-3-15)23(30)29-20-11-18(25)10-19(26)12-20/h2-14H,1H3,(H,29,30). The molecule has 0 unspecified atom stereocenters. The molecular weight excluding hydrogens is 416 g/mol. The summed E-state index contributed by atoms with van der Waals surface area (Å²) in [6.07, 6.45) is 3.22. The van der Waals surface area contributed by atoms with Crippen LogP contribution in [-0.4, -0.2) is 23.0 Å². The lowest BCUT2D eigenvalue weighted by atomic mass is 10.1. The topological polar surface area (TPSA) is 73.3 Å². The first-order valence-electron chi connectivity index (χ1n) is 9.52. The predicted octanol–water partition coefficient (Wildman–Crippen LogP) is 5.48. The number of amides is 1. The minimum atomic E-state index is -0.768. The molecule has 1 amide bonds. The largest absolute Gasteiger partial charge is 0.497 e. The molecule has 160 valence electrons. The predicted molar refractivity (Wildman–Crippen MR) is 115 cm³/mol. The Bertz CT molecular complexity index is 1210. The fourth-order valence-corrected chi connectivity index (χ4v) is 2.91. The van der Waals surface area contributed by atoms with Crippen LogP contribution in [0.15, 0.2) is 79.1 Å². The Morgan fingerprint density at radius 3 is 2.00 bits per heavy atom. The zero-order valence-corrected chi connectivity index (χ0v) is 16.9. The Morgan fingerprint density at radius 2 is 1.41 bits per heavy atom. The van der Waals surface area contributed by atoms with Crippen molar-refractivity contribution >= 4 is 11.6 Å². The van der Waals surface area contributed by atoms with Crippen LogP contribution in [0.4, 0.5) is 14.5 Å². The van der Waals surface area contributed by atoms with E-state index in [1.807, 2.05) is 0 Å². The average Bonchev–Trinajstić information content (AvgIpc) is 2.79. The summed E-state index contributed by atoms with van der Waals surface area (Å²) in [6.45, 7) is 0. The fraction of sp³-hybridized carbons (Fsp3) is 0.0417. The van der Waals surface area contributed by atoms with E-state index in [2.05, 4.69) is 15.3 Å². The van der Waals surface area contributed by atoms with Crippen LogP contribution in [0.25, 0.3) is 11.1 Å². The van der Waals surface area contributed by atoms with Crippen molar-refractivity contribution in [3.05, 3.63) is 96.3 Å². The quantitative estimate of drug-likeness (QED) is 0.436. The molecule has 1 N–H and O–H groups in total. The molecule has 32 heavy (non-hydrogen) atoms. The minimum Gasteiger partial charge on any atom is -0.497 e. The van der Waals surface area contributed by atoms with Gasteiger partial charge in [0.05, 0.1) is 7.11 Å². The number of halogens is 2. The third-order valence-corrected chi connectivity index (χ3v) is 4.50. The van der Waals surface area contributed by atoms with Crippen molar-refractivity contribution in [1.82, 2.24) is 9.97 Å². The number of anilines is 1. The van der Waals surface area contributed by atoms with E-state index in [4.69, 9.17) is 9.47 Å². The first kappa shape index (κ1) is 20.9. The van der Waals surface area contributed by atoms with Gasteiger partial charge in [0.15, 0.2) is 0 Å². The first-order chi connectivity index (χ1) is 15.5. The number of rotatable bonds is 6. The number of methoxy groups -OCH3 is 1. The number of carbonyl (C=O) groups excluding carboxylic acids is 1. The molecule has 0 saturated heterocycles. The highest BCUT2D eigenvalue weighted by Gasteiger charge is 2.09. The van der Waals surface area contributed by atoms with Gasteiger partial charge in [-0.25, -0.2) is 18.7 Å². The van der Waals surface area contributed by atoms with Gasteiger partial charge in [-0.2, -0.15) is 0 Å². The van der Waals surface area contributed by atoms with Crippen molar-refractivity contribution in [2.45, 2.75) is 0 Å². The highest BCUT2D eigenvalue weighted by molar-refractivity contribution is 6.04. The van der Waals surface area contributed by atoms with Gasteiger partial charge in [0.25, 0.3) is 5.91 Å². The molecular formula is C24H17F2N3O3. The van der Waals surface area contributed by atoms with E-state index in [0.717, 1.165) is 29.3 Å². The summed E-state index contributed by atoms with van der Waals surface area (Å²) >= 11 is 0. The third-order valence-electron chi connectivity index (χ3n) is 4.50. The van der Waals surface area contributed by atoms with Gasteiger partial charge in [0.1, 0.15) is 23.1 Å². The van der Waals surface area contributed by atoms with Crippen LogP contribution in [-0.2, 0) is 0 Å². The number of carbonyl (C=O) groups is 1. The van der Waals surface area contributed by atoms with E-state index in [-0.39, 0.29) is 11.7 Å². The Morgan fingerprint density at radius 1 is 0.812 bits per heavy atom. The lowest BCUT2D eigenvalue weighted by Crippen LogP contribution is -2.12. The highest BCUT2D eigenvalue weighted by Crippen LogP contribution is 2.24. The average molecular weight is 433 g/mol. The Hall–Kier alpha value is -4.33. The fourth-order valence-electron chi connectivity index (χ4n) is 2.91. The van der Waals surface area contributed by atoms with Gasteiger partial charge in [0, 0.05) is 35.3 Å². The van der Waals surface area contributed by atoms with Crippen LogP contribution in [0.5, 0.6) is 17.5 Å². The zero-order chi connectivity index (χ0) is 22.5. The van der Waals surface area contributed by atoms with Gasteiger partial charge in [-0.15, -0.1) is 0 Å². The molecule has 4 rings (SSSR count). The zero-order valence-electron chi connectivity index (χ0n) is 16.9. The van der Waals surface area contributed by atoms with Crippen molar-refractivity contribution in [3.8, 4) is 28.6 Å². The minimum absolute atomic E-state index is 0.0393. The summed E-state index contributed by atoms with van der Waals surface area (Å²) < 4.78 is 37.3. The monoisotopic (exact) mass is 433 g/mol. The second-order valence-corrected chi connectivity index (χ2v) is 6.72. The van der Waals surface area contributed by atoms with Crippen molar-refractivity contribution < 1.29 is 23.0 Å². The second-order valence-electron chi connectivity index (χ2n) is 6.72. The molecule has 0 spiro atoms. The van der Waals surface area contributed by atoms with Crippen molar-refractivity contribution in [2.75, 3.05) is 12.4 Å². The van der Waals surface area contributed by atoms with Crippen LogP contribution >= 0.6 is 0 Å². The van der Waals surface area contributed by atoms with E-state index in [9.17, 15) is 13.6 Å². The number of hydrogen-bond donors (Lipinski definition) is 1. The SMILES string of the molecule is COc1ccc(Oc2ncc(-c3ccc(C(=O)Nc4cc(F)cc(F)c4)cc3)cn2)cc1. The van der Waals surface area contributed by atoms with Crippen molar-refractivity contribution in [3.63, 3.8) is 0 Å². The van der Waals surface area contributed by atoms with E-state index in [1.54, 1.807) is 68.0 Å². The van der Waals surface area contributed by atoms with E-state index in [0.29, 0.717) is 17.1 Å². The summed E-state index contributed by atoms with van der Waals surface area (Å²) in [5.41, 5.74) is 1.89. The smallest absolute Gasteiger partial charge is 0.321 e.